The first-order valence-electron chi connectivity index (χ1n) is 5.77. The number of aryl methyl sites for hydroxylation is 1. The molecule has 0 aliphatic heterocycles. The van der Waals surface area contributed by atoms with Crippen molar-refractivity contribution in [1.82, 2.24) is 10.3 Å². The van der Waals surface area contributed by atoms with Crippen molar-refractivity contribution in [2.75, 3.05) is 20.8 Å². The lowest BCUT2D eigenvalue weighted by molar-refractivity contribution is 0.171. The van der Waals surface area contributed by atoms with E-state index in [2.05, 4.69) is 29.4 Å². The molecule has 0 saturated heterocycles. The maximum atomic E-state index is 5.13. The third-order valence-electron chi connectivity index (χ3n) is 2.94. The van der Waals surface area contributed by atoms with Crippen LogP contribution in [0.15, 0.2) is 18.3 Å². The van der Waals surface area contributed by atoms with E-state index in [0.717, 1.165) is 18.7 Å². The predicted octanol–water partition coefficient (Wildman–Crippen LogP) is 2.32. The van der Waals surface area contributed by atoms with Gasteiger partial charge < -0.3 is 10.1 Å². The van der Waals surface area contributed by atoms with Crippen LogP contribution in [0.5, 0.6) is 0 Å². The average Bonchev–Trinajstić information content (AvgIpc) is 2.27. The Bertz CT molecular complexity index is 315. The van der Waals surface area contributed by atoms with Crippen molar-refractivity contribution >= 4 is 0 Å². The van der Waals surface area contributed by atoms with Gasteiger partial charge in [-0.2, -0.15) is 0 Å². The van der Waals surface area contributed by atoms with Gasteiger partial charge in [-0.1, -0.05) is 6.92 Å². The molecule has 3 heteroatoms. The number of hydrogen-bond acceptors (Lipinski definition) is 3. The van der Waals surface area contributed by atoms with Crippen molar-refractivity contribution in [3.05, 3.63) is 29.6 Å². The maximum absolute atomic E-state index is 5.13. The summed E-state index contributed by atoms with van der Waals surface area (Å²) in [5.41, 5.74) is 2.37. The zero-order valence-electron chi connectivity index (χ0n) is 10.7. The Balaban J connectivity index is 2.73. The number of nitrogens with one attached hydrogen (secondary N) is 1. The van der Waals surface area contributed by atoms with Crippen molar-refractivity contribution in [3.8, 4) is 0 Å². The fourth-order valence-corrected chi connectivity index (χ4v) is 2.01. The molecule has 1 aromatic rings. The number of pyridine rings is 1. The Hall–Kier alpha value is -0.930. The van der Waals surface area contributed by atoms with E-state index in [0.29, 0.717) is 12.0 Å². The summed E-state index contributed by atoms with van der Waals surface area (Å²) in [6.45, 7) is 5.08. The van der Waals surface area contributed by atoms with E-state index in [1.807, 2.05) is 20.2 Å². The molecule has 0 bridgehead atoms. The largest absolute Gasteiger partial charge is 0.385 e. The van der Waals surface area contributed by atoms with Gasteiger partial charge in [0.25, 0.3) is 0 Å². The van der Waals surface area contributed by atoms with E-state index < -0.39 is 0 Å². The van der Waals surface area contributed by atoms with Gasteiger partial charge >= 0.3 is 0 Å². The smallest absolute Gasteiger partial charge is 0.0465 e. The predicted molar refractivity (Wildman–Crippen MR) is 66.4 cm³/mol. The summed E-state index contributed by atoms with van der Waals surface area (Å²) in [6.07, 6.45) is 2.93. The van der Waals surface area contributed by atoms with Gasteiger partial charge in [0.15, 0.2) is 0 Å². The maximum Gasteiger partial charge on any atom is 0.0465 e. The summed E-state index contributed by atoms with van der Waals surface area (Å²) in [7, 11) is 3.75. The van der Waals surface area contributed by atoms with Crippen LogP contribution in [0, 0.1) is 12.8 Å². The first-order valence-corrected chi connectivity index (χ1v) is 5.77. The van der Waals surface area contributed by atoms with Crippen LogP contribution in [-0.2, 0) is 4.74 Å². The topological polar surface area (TPSA) is 34.2 Å². The van der Waals surface area contributed by atoms with Crippen LogP contribution in [0.3, 0.4) is 0 Å². The van der Waals surface area contributed by atoms with E-state index >= 15 is 0 Å². The van der Waals surface area contributed by atoms with Crippen LogP contribution >= 0.6 is 0 Å². The van der Waals surface area contributed by atoms with Crippen LogP contribution in [0.1, 0.15) is 30.6 Å². The number of nitrogens with zero attached hydrogens (tertiary/aromatic N) is 1. The van der Waals surface area contributed by atoms with E-state index in [1.54, 1.807) is 7.11 Å². The van der Waals surface area contributed by atoms with Gasteiger partial charge in [-0.05, 0) is 44.0 Å². The van der Waals surface area contributed by atoms with Crippen molar-refractivity contribution in [2.45, 2.75) is 26.3 Å². The van der Waals surface area contributed by atoms with Gasteiger partial charge in [0, 0.05) is 31.6 Å². The average molecular weight is 222 g/mol. The van der Waals surface area contributed by atoms with E-state index in [4.69, 9.17) is 4.74 Å². The summed E-state index contributed by atoms with van der Waals surface area (Å²) in [6, 6.07) is 4.60. The van der Waals surface area contributed by atoms with E-state index in [9.17, 15) is 0 Å². The van der Waals surface area contributed by atoms with Crippen molar-refractivity contribution < 1.29 is 4.74 Å². The van der Waals surface area contributed by atoms with Crippen molar-refractivity contribution in [1.29, 1.82) is 0 Å². The first kappa shape index (κ1) is 13.1. The second-order valence-corrected chi connectivity index (χ2v) is 4.26. The molecule has 1 rings (SSSR count). The third-order valence-corrected chi connectivity index (χ3v) is 2.94. The van der Waals surface area contributed by atoms with Gasteiger partial charge in [-0.3, -0.25) is 4.98 Å². The molecule has 0 aliphatic rings. The standard InChI is InChI=1S/C13H22N2O/c1-10(6-8-16-4)13(14-3)12-5-7-15-11(2)9-12/h5,7,9-10,13-14H,6,8H2,1-4H3. The molecule has 2 unspecified atom stereocenters. The lowest BCUT2D eigenvalue weighted by atomic mass is 9.92. The summed E-state index contributed by atoms with van der Waals surface area (Å²) < 4.78 is 5.13. The Kier molecular flexibility index (Phi) is 5.43. The molecular formula is C13H22N2O. The lowest BCUT2D eigenvalue weighted by Crippen LogP contribution is -2.24. The Morgan fingerprint density at radius 3 is 2.81 bits per heavy atom. The van der Waals surface area contributed by atoms with Crippen LogP contribution in [0.2, 0.25) is 0 Å². The first-order chi connectivity index (χ1) is 7.69. The molecule has 0 aliphatic carbocycles. The normalized spacial score (nSPS) is 14.8. The highest BCUT2D eigenvalue weighted by Gasteiger charge is 2.17. The minimum absolute atomic E-state index is 0.372. The fourth-order valence-electron chi connectivity index (χ4n) is 2.01. The highest BCUT2D eigenvalue weighted by Crippen LogP contribution is 2.24. The molecule has 16 heavy (non-hydrogen) atoms. The molecule has 0 amide bonds. The van der Waals surface area contributed by atoms with Gasteiger partial charge in [0.2, 0.25) is 0 Å². The molecule has 1 N–H and O–H groups in total. The zero-order chi connectivity index (χ0) is 12.0. The summed E-state index contributed by atoms with van der Waals surface area (Å²) >= 11 is 0. The Morgan fingerprint density at radius 1 is 1.50 bits per heavy atom. The van der Waals surface area contributed by atoms with Crippen LogP contribution < -0.4 is 5.32 Å². The fraction of sp³-hybridized carbons (Fsp3) is 0.615. The molecule has 3 nitrogen and oxygen atoms in total. The summed E-state index contributed by atoms with van der Waals surface area (Å²) in [4.78, 5) is 4.23. The van der Waals surface area contributed by atoms with Gasteiger partial charge in [-0.25, -0.2) is 0 Å². The molecule has 0 spiro atoms. The molecule has 0 aromatic carbocycles. The molecular weight excluding hydrogens is 200 g/mol. The second-order valence-electron chi connectivity index (χ2n) is 4.26. The minimum atomic E-state index is 0.372. The van der Waals surface area contributed by atoms with Crippen molar-refractivity contribution in [2.24, 2.45) is 5.92 Å². The van der Waals surface area contributed by atoms with Crippen LogP contribution in [0.25, 0.3) is 0 Å². The van der Waals surface area contributed by atoms with Crippen LogP contribution in [0.4, 0.5) is 0 Å². The molecule has 1 heterocycles. The quantitative estimate of drug-likeness (QED) is 0.802. The van der Waals surface area contributed by atoms with Gasteiger partial charge in [0.05, 0.1) is 0 Å². The number of rotatable bonds is 6. The van der Waals surface area contributed by atoms with Gasteiger partial charge in [-0.15, -0.1) is 0 Å². The highest BCUT2D eigenvalue weighted by atomic mass is 16.5. The summed E-state index contributed by atoms with van der Waals surface area (Å²) in [5.74, 6) is 0.548. The number of aromatic nitrogens is 1. The van der Waals surface area contributed by atoms with E-state index in [1.165, 1.54) is 5.56 Å². The lowest BCUT2D eigenvalue weighted by Gasteiger charge is -2.24. The molecule has 0 radical (unpaired) electrons. The van der Waals surface area contributed by atoms with Gasteiger partial charge in [0.1, 0.15) is 0 Å². The summed E-state index contributed by atoms with van der Waals surface area (Å²) in [5, 5.41) is 3.37. The van der Waals surface area contributed by atoms with Crippen molar-refractivity contribution in [3.63, 3.8) is 0 Å². The third kappa shape index (κ3) is 3.58. The SMILES string of the molecule is CNC(c1ccnc(C)c1)C(C)CCOC. The number of hydrogen-bond donors (Lipinski definition) is 1. The molecule has 0 fully saturated rings. The Morgan fingerprint density at radius 2 is 2.25 bits per heavy atom. The van der Waals surface area contributed by atoms with E-state index in [-0.39, 0.29) is 0 Å². The molecule has 90 valence electrons. The molecule has 0 saturated carbocycles. The number of ether oxygens (including phenoxy) is 1. The second kappa shape index (κ2) is 6.61. The molecule has 2 atom stereocenters. The Labute approximate surface area is 98.2 Å². The molecule has 1 aromatic heterocycles. The zero-order valence-corrected chi connectivity index (χ0v) is 10.7. The number of methoxy groups -OCH3 is 1. The minimum Gasteiger partial charge on any atom is -0.385 e. The highest BCUT2D eigenvalue weighted by molar-refractivity contribution is 5.20. The van der Waals surface area contributed by atoms with Crippen LogP contribution in [-0.4, -0.2) is 25.7 Å². The monoisotopic (exact) mass is 222 g/mol.